The van der Waals surface area contributed by atoms with Crippen molar-refractivity contribution in [3.8, 4) is 11.1 Å². The molecule has 1 aliphatic heterocycles. The number of aryl methyl sites for hydroxylation is 1. The van der Waals surface area contributed by atoms with Crippen molar-refractivity contribution in [1.29, 1.82) is 0 Å². The zero-order valence-electron chi connectivity index (χ0n) is 22.1. The number of carboxylic acids is 1. The molecule has 0 spiro atoms. The van der Waals surface area contributed by atoms with Crippen LogP contribution in [-0.4, -0.2) is 65.2 Å². The Hall–Kier alpha value is -3.52. The van der Waals surface area contributed by atoms with Crippen molar-refractivity contribution in [2.45, 2.75) is 39.8 Å². The van der Waals surface area contributed by atoms with Gasteiger partial charge in [-0.05, 0) is 60.2 Å². The van der Waals surface area contributed by atoms with Crippen molar-refractivity contribution in [1.82, 2.24) is 14.9 Å². The molecule has 2 heterocycles. The SMILES string of the molecule is Cc1cc(CN2CCN(c3ncc(-c4cccc(F)c4)cn3)[C@H](CC(C)C)C2)cc(N(C)CC(=O)O)c1. The molecule has 196 valence electrons. The van der Waals surface area contributed by atoms with Crippen molar-refractivity contribution < 1.29 is 14.3 Å². The summed E-state index contributed by atoms with van der Waals surface area (Å²) < 4.78 is 13.6. The first-order chi connectivity index (χ1) is 17.7. The van der Waals surface area contributed by atoms with Crippen molar-refractivity contribution in [3.63, 3.8) is 0 Å². The van der Waals surface area contributed by atoms with E-state index in [4.69, 9.17) is 5.11 Å². The molecule has 1 aliphatic rings. The van der Waals surface area contributed by atoms with Crippen molar-refractivity contribution >= 4 is 17.6 Å². The second-order valence-electron chi connectivity index (χ2n) is 10.4. The highest BCUT2D eigenvalue weighted by atomic mass is 19.1. The van der Waals surface area contributed by atoms with Gasteiger partial charge in [0.25, 0.3) is 0 Å². The van der Waals surface area contributed by atoms with Gasteiger partial charge in [0.1, 0.15) is 12.4 Å². The number of carbonyl (C=O) groups is 1. The third kappa shape index (κ3) is 7.04. The number of carboxylic acid groups (broad SMARTS) is 1. The van der Waals surface area contributed by atoms with E-state index in [0.29, 0.717) is 11.9 Å². The molecule has 3 aromatic rings. The zero-order chi connectivity index (χ0) is 26.5. The summed E-state index contributed by atoms with van der Waals surface area (Å²) in [5, 5.41) is 9.17. The minimum atomic E-state index is -0.843. The van der Waals surface area contributed by atoms with Crippen LogP contribution in [0, 0.1) is 18.7 Å². The van der Waals surface area contributed by atoms with Gasteiger partial charge in [-0.1, -0.05) is 32.0 Å². The molecule has 1 fully saturated rings. The second kappa shape index (κ2) is 11.7. The molecule has 8 heteroatoms. The quantitative estimate of drug-likeness (QED) is 0.446. The molecule has 37 heavy (non-hydrogen) atoms. The molecule has 0 radical (unpaired) electrons. The molecule has 2 aromatic carbocycles. The molecule has 7 nitrogen and oxygen atoms in total. The maximum absolute atomic E-state index is 13.6. The molecular formula is C29H36FN5O2. The summed E-state index contributed by atoms with van der Waals surface area (Å²) in [5.74, 6) is 0.112. The molecule has 0 aliphatic carbocycles. The zero-order valence-corrected chi connectivity index (χ0v) is 22.1. The summed E-state index contributed by atoms with van der Waals surface area (Å²) in [7, 11) is 1.81. The lowest BCUT2D eigenvalue weighted by Gasteiger charge is -2.42. The fourth-order valence-corrected chi connectivity index (χ4v) is 5.06. The molecule has 1 saturated heterocycles. The minimum absolute atomic E-state index is 0.0317. The number of piperazine rings is 1. The van der Waals surface area contributed by atoms with E-state index in [1.807, 2.05) is 26.1 Å². The highest BCUT2D eigenvalue weighted by Crippen LogP contribution is 2.26. The van der Waals surface area contributed by atoms with Crippen LogP contribution in [0.2, 0.25) is 0 Å². The van der Waals surface area contributed by atoms with E-state index in [-0.39, 0.29) is 18.4 Å². The van der Waals surface area contributed by atoms with E-state index in [1.54, 1.807) is 23.4 Å². The van der Waals surface area contributed by atoms with E-state index in [1.165, 1.54) is 17.7 Å². The maximum atomic E-state index is 13.6. The first kappa shape index (κ1) is 26.5. The highest BCUT2D eigenvalue weighted by molar-refractivity contribution is 5.73. The van der Waals surface area contributed by atoms with Crippen LogP contribution in [-0.2, 0) is 11.3 Å². The third-order valence-corrected chi connectivity index (χ3v) is 6.70. The van der Waals surface area contributed by atoms with Gasteiger partial charge in [-0.15, -0.1) is 0 Å². The summed E-state index contributed by atoms with van der Waals surface area (Å²) in [5.41, 5.74) is 4.78. The largest absolute Gasteiger partial charge is 0.480 e. The number of aromatic nitrogens is 2. The van der Waals surface area contributed by atoms with Crippen molar-refractivity contribution in [2.75, 3.05) is 43.0 Å². The van der Waals surface area contributed by atoms with E-state index in [9.17, 15) is 9.18 Å². The van der Waals surface area contributed by atoms with Crippen LogP contribution in [0.15, 0.2) is 54.9 Å². The van der Waals surface area contributed by atoms with Gasteiger partial charge >= 0.3 is 5.97 Å². The molecule has 0 unspecified atom stereocenters. The molecule has 1 aromatic heterocycles. The smallest absolute Gasteiger partial charge is 0.323 e. The summed E-state index contributed by atoms with van der Waals surface area (Å²) in [6, 6.07) is 13.0. The Kier molecular flexibility index (Phi) is 8.38. The van der Waals surface area contributed by atoms with Crippen molar-refractivity contribution in [3.05, 3.63) is 71.8 Å². The topological polar surface area (TPSA) is 72.8 Å². The highest BCUT2D eigenvalue weighted by Gasteiger charge is 2.29. The number of benzene rings is 2. The molecule has 0 amide bonds. The number of hydrogen-bond acceptors (Lipinski definition) is 6. The van der Waals surface area contributed by atoms with Crippen LogP contribution in [0.3, 0.4) is 0 Å². The maximum Gasteiger partial charge on any atom is 0.323 e. The van der Waals surface area contributed by atoms with E-state index in [2.05, 4.69) is 45.7 Å². The Morgan fingerprint density at radius 2 is 1.89 bits per heavy atom. The van der Waals surface area contributed by atoms with Crippen LogP contribution < -0.4 is 9.80 Å². The monoisotopic (exact) mass is 505 g/mol. The van der Waals surface area contributed by atoms with E-state index >= 15 is 0 Å². The average Bonchev–Trinajstić information content (AvgIpc) is 2.83. The summed E-state index contributed by atoms with van der Waals surface area (Å²) in [6.07, 6.45) is 4.57. The summed E-state index contributed by atoms with van der Waals surface area (Å²) >= 11 is 0. The number of likely N-dealkylation sites (N-methyl/N-ethyl adjacent to an activating group) is 1. The lowest BCUT2D eigenvalue weighted by atomic mass is 9.99. The molecule has 0 bridgehead atoms. The number of anilines is 2. The summed E-state index contributed by atoms with van der Waals surface area (Å²) in [6.45, 7) is 9.86. The molecular weight excluding hydrogens is 469 g/mol. The minimum Gasteiger partial charge on any atom is -0.480 e. The molecule has 0 saturated carbocycles. The first-order valence-electron chi connectivity index (χ1n) is 12.8. The van der Waals surface area contributed by atoms with Crippen molar-refractivity contribution in [2.24, 2.45) is 5.92 Å². The second-order valence-corrected chi connectivity index (χ2v) is 10.4. The average molecular weight is 506 g/mol. The van der Waals surface area contributed by atoms with Crippen LogP contribution in [0.4, 0.5) is 16.0 Å². The van der Waals surface area contributed by atoms with Gasteiger partial charge in [0.05, 0.1) is 0 Å². The number of halogens is 1. The van der Waals surface area contributed by atoms with Crippen LogP contribution in [0.1, 0.15) is 31.4 Å². The van der Waals surface area contributed by atoms with Gasteiger partial charge < -0.3 is 14.9 Å². The van der Waals surface area contributed by atoms with Gasteiger partial charge in [0.15, 0.2) is 0 Å². The lowest BCUT2D eigenvalue weighted by molar-refractivity contribution is -0.135. The molecule has 1 N–H and O–H groups in total. The van der Waals surface area contributed by atoms with Crippen LogP contribution in [0.25, 0.3) is 11.1 Å². The number of hydrogen-bond donors (Lipinski definition) is 1. The normalized spacial score (nSPS) is 16.3. The number of rotatable bonds is 9. The lowest BCUT2D eigenvalue weighted by Crippen LogP contribution is -2.54. The van der Waals surface area contributed by atoms with Gasteiger partial charge in [0.2, 0.25) is 5.95 Å². The van der Waals surface area contributed by atoms with E-state index in [0.717, 1.165) is 55.0 Å². The summed E-state index contributed by atoms with van der Waals surface area (Å²) in [4.78, 5) is 27.0. The fourth-order valence-electron chi connectivity index (χ4n) is 5.06. The van der Waals surface area contributed by atoms with Gasteiger partial charge in [-0.3, -0.25) is 9.69 Å². The van der Waals surface area contributed by atoms with E-state index < -0.39 is 5.97 Å². The molecule has 4 rings (SSSR count). The third-order valence-electron chi connectivity index (χ3n) is 6.70. The van der Waals surface area contributed by atoms with Gasteiger partial charge in [-0.2, -0.15) is 0 Å². The Labute approximate surface area is 218 Å². The predicted octanol–water partition coefficient (Wildman–Crippen LogP) is 4.85. The molecule has 1 atom stereocenters. The Balaban J connectivity index is 1.48. The van der Waals surface area contributed by atoms with Crippen LogP contribution in [0.5, 0.6) is 0 Å². The Bertz CT molecular complexity index is 1220. The standard InChI is InChI=1S/C29H36FN5O2/c1-20(2)10-27-18-34(17-22-11-21(3)12-26(13-22)33(4)19-28(36)37)8-9-35(27)29-31-15-24(16-32-29)23-6-5-7-25(30)14-23/h5-7,11-16,20,27H,8-10,17-19H2,1-4H3,(H,36,37)/t27-/m1/s1. The fraction of sp³-hybridized carbons (Fsp3) is 0.414. The van der Waals surface area contributed by atoms with Gasteiger partial charge in [-0.25, -0.2) is 14.4 Å². The Morgan fingerprint density at radius 3 is 2.57 bits per heavy atom. The van der Waals surface area contributed by atoms with Crippen LogP contribution >= 0.6 is 0 Å². The predicted molar refractivity (Wildman–Crippen MR) is 145 cm³/mol. The number of nitrogens with zero attached hydrogens (tertiary/aromatic N) is 5. The first-order valence-corrected chi connectivity index (χ1v) is 12.8. The Morgan fingerprint density at radius 1 is 1.14 bits per heavy atom. The number of aliphatic carboxylic acids is 1. The van der Waals surface area contributed by atoms with Gasteiger partial charge in [0, 0.05) is 62.9 Å².